The van der Waals surface area contributed by atoms with Crippen LogP contribution in [0.1, 0.15) is 5.76 Å². The van der Waals surface area contributed by atoms with Gasteiger partial charge >= 0.3 is 0 Å². The Morgan fingerprint density at radius 2 is 2.50 bits per heavy atom. The number of hydrogen-bond acceptors (Lipinski definition) is 6. The first-order chi connectivity index (χ1) is 8.65. The summed E-state index contributed by atoms with van der Waals surface area (Å²) < 4.78 is 5.17. The first-order valence-electron chi connectivity index (χ1n) is 5.22. The van der Waals surface area contributed by atoms with Crippen LogP contribution in [0.4, 0.5) is 5.95 Å². The van der Waals surface area contributed by atoms with Gasteiger partial charge in [0.1, 0.15) is 5.76 Å². The Kier molecular flexibility index (Phi) is 3.88. The minimum Gasteiger partial charge on any atom is -0.467 e. The van der Waals surface area contributed by atoms with Crippen LogP contribution in [-0.4, -0.2) is 38.8 Å². The smallest absolute Gasteiger partial charge is 0.233 e. The summed E-state index contributed by atoms with van der Waals surface area (Å²) in [5.41, 5.74) is 5.38. The zero-order valence-electron chi connectivity index (χ0n) is 9.79. The summed E-state index contributed by atoms with van der Waals surface area (Å²) in [5.74, 6) is 1.22. The van der Waals surface area contributed by atoms with Crippen LogP contribution in [0.2, 0.25) is 0 Å². The fourth-order valence-electron chi connectivity index (χ4n) is 1.28. The number of aromatic amines is 1. The average Bonchev–Trinajstić information content (AvgIpc) is 2.97. The lowest BCUT2D eigenvalue weighted by atomic mass is 10.4. The lowest BCUT2D eigenvalue weighted by molar-refractivity contribution is -0.127. The van der Waals surface area contributed by atoms with Crippen LogP contribution in [0.25, 0.3) is 0 Å². The molecule has 2 aromatic heterocycles. The molecule has 8 heteroatoms. The van der Waals surface area contributed by atoms with Gasteiger partial charge in [0.2, 0.25) is 17.0 Å². The molecule has 0 saturated carbocycles. The highest BCUT2D eigenvalue weighted by molar-refractivity contribution is 7.99. The Balaban J connectivity index is 1.80. The molecule has 0 aliphatic carbocycles. The number of carbonyl (C=O) groups is 1. The average molecular weight is 267 g/mol. The van der Waals surface area contributed by atoms with Crippen molar-refractivity contribution >= 4 is 23.6 Å². The zero-order valence-corrected chi connectivity index (χ0v) is 10.6. The maximum atomic E-state index is 11.8. The highest BCUT2D eigenvalue weighted by Crippen LogP contribution is 2.14. The normalized spacial score (nSPS) is 10.5. The molecule has 0 saturated heterocycles. The van der Waals surface area contributed by atoms with Crippen LogP contribution in [-0.2, 0) is 11.3 Å². The van der Waals surface area contributed by atoms with Gasteiger partial charge in [0, 0.05) is 7.05 Å². The number of H-pyrrole nitrogens is 1. The molecule has 1 amide bonds. The second-order valence-corrected chi connectivity index (χ2v) is 4.56. The van der Waals surface area contributed by atoms with Crippen molar-refractivity contribution in [3.05, 3.63) is 24.2 Å². The third-order valence-electron chi connectivity index (χ3n) is 2.21. The van der Waals surface area contributed by atoms with Crippen molar-refractivity contribution in [3.63, 3.8) is 0 Å². The molecule has 3 N–H and O–H groups in total. The highest BCUT2D eigenvalue weighted by atomic mass is 32.2. The quantitative estimate of drug-likeness (QED) is 0.774. The monoisotopic (exact) mass is 267 g/mol. The number of nitrogen functional groups attached to an aromatic ring is 1. The third kappa shape index (κ3) is 3.27. The SMILES string of the molecule is CN(Cc1ccco1)C(=O)CSc1n[nH]c(N)n1. The Labute approximate surface area is 108 Å². The van der Waals surface area contributed by atoms with E-state index in [4.69, 9.17) is 10.2 Å². The van der Waals surface area contributed by atoms with Crippen LogP contribution in [0.3, 0.4) is 0 Å². The molecule has 7 nitrogen and oxygen atoms in total. The summed E-state index contributed by atoms with van der Waals surface area (Å²) in [7, 11) is 1.72. The van der Waals surface area contributed by atoms with E-state index in [2.05, 4.69) is 15.2 Å². The number of anilines is 1. The van der Waals surface area contributed by atoms with Gasteiger partial charge in [-0.15, -0.1) is 5.10 Å². The van der Waals surface area contributed by atoms with E-state index in [1.165, 1.54) is 11.8 Å². The molecule has 2 heterocycles. The molecule has 0 fully saturated rings. The molecule has 0 aliphatic rings. The van der Waals surface area contributed by atoms with Crippen molar-refractivity contribution in [2.24, 2.45) is 0 Å². The van der Waals surface area contributed by atoms with E-state index >= 15 is 0 Å². The fourth-order valence-corrected chi connectivity index (χ4v) is 2.03. The van der Waals surface area contributed by atoms with Gasteiger partial charge in [0.25, 0.3) is 0 Å². The van der Waals surface area contributed by atoms with Gasteiger partial charge in [-0.2, -0.15) is 4.98 Å². The Morgan fingerprint density at radius 1 is 1.67 bits per heavy atom. The van der Waals surface area contributed by atoms with Crippen LogP contribution in [0.15, 0.2) is 28.0 Å². The van der Waals surface area contributed by atoms with E-state index in [1.807, 2.05) is 6.07 Å². The molecule has 2 aromatic rings. The van der Waals surface area contributed by atoms with E-state index in [9.17, 15) is 4.79 Å². The Bertz CT molecular complexity index is 510. The highest BCUT2D eigenvalue weighted by Gasteiger charge is 2.12. The number of thioether (sulfide) groups is 1. The minimum absolute atomic E-state index is 0.0280. The molecule has 0 aromatic carbocycles. The van der Waals surface area contributed by atoms with Gasteiger partial charge in [-0.1, -0.05) is 11.8 Å². The van der Waals surface area contributed by atoms with Gasteiger partial charge in [-0.3, -0.25) is 4.79 Å². The number of hydrogen-bond donors (Lipinski definition) is 2. The third-order valence-corrected chi connectivity index (χ3v) is 3.04. The Morgan fingerprint density at radius 3 is 3.11 bits per heavy atom. The molecule has 0 spiro atoms. The molecule has 0 bridgehead atoms. The van der Waals surface area contributed by atoms with Crippen LogP contribution in [0.5, 0.6) is 0 Å². The molecule has 96 valence electrons. The molecular formula is C10H13N5O2S. The van der Waals surface area contributed by atoms with Crippen LogP contribution in [0, 0.1) is 0 Å². The molecule has 0 radical (unpaired) electrons. The van der Waals surface area contributed by atoms with Gasteiger partial charge in [-0.25, -0.2) is 5.10 Å². The van der Waals surface area contributed by atoms with E-state index in [0.717, 1.165) is 5.76 Å². The minimum atomic E-state index is -0.0280. The lowest BCUT2D eigenvalue weighted by Gasteiger charge is -2.14. The van der Waals surface area contributed by atoms with Crippen molar-refractivity contribution < 1.29 is 9.21 Å². The lowest BCUT2D eigenvalue weighted by Crippen LogP contribution is -2.27. The molecule has 2 rings (SSSR count). The van der Waals surface area contributed by atoms with Crippen molar-refractivity contribution in [3.8, 4) is 0 Å². The number of nitrogens with one attached hydrogen (secondary N) is 1. The second kappa shape index (κ2) is 5.58. The predicted molar refractivity (Wildman–Crippen MR) is 66.7 cm³/mol. The standard InChI is InChI=1S/C10H13N5O2S/c1-15(5-7-3-2-4-17-7)8(16)6-18-10-12-9(11)13-14-10/h2-4H,5-6H2,1H3,(H3,11,12,13,14). The predicted octanol–water partition coefficient (Wildman–Crippen LogP) is 0.731. The summed E-state index contributed by atoms with van der Waals surface area (Å²) in [5, 5.41) is 6.81. The number of aromatic nitrogens is 3. The molecular weight excluding hydrogens is 254 g/mol. The Hall–Kier alpha value is -1.96. The van der Waals surface area contributed by atoms with Crippen LogP contribution >= 0.6 is 11.8 Å². The first kappa shape index (κ1) is 12.5. The number of amides is 1. The molecule has 0 unspecified atom stereocenters. The van der Waals surface area contributed by atoms with Gasteiger partial charge in [0.05, 0.1) is 18.6 Å². The van der Waals surface area contributed by atoms with E-state index in [-0.39, 0.29) is 17.6 Å². The number of rotatable bonds is 5. The summed E-state index contributed by atoms with van der Waals surface area (Å²) in [6, 6.07) is 3.62. The van der Waals surface area contributed by atoms with Gasteiger partial charge < -0.3 is 15.1 Å². The largest absolute Gasteiger partial charge is 0.467 e. The van der Waals surface area contributed by atoms with Gasteiger partial charge in [-0.05, 0) is 12.1 Å². The van der Waals surface area contributed by atoms with Crippen molar-refractivity contribution in [2.75, 3.05) is 18.5 Å². The number of nitrogens with zero attached hydrogens (tertiary/aromatic N) is 3. The van der Waals surface area contributed by atoms with Crippen molar-refractivity contribution in [2.45, 2.75) is 11.7 Å². The van der Waals surface area contributed by atoms with E-state index < -0.39 is 0 Å². The maximum absolute atomic E-state index is 11.8. The molecule has 18 heavy (non-hydrogen) atoms. The summed E-state index contributed by atoms with van der Waals surface area (Å²) in [6.45, 7) is 0.447. The maximum Gasteiger partial charge on any atom is 0.233 e. The topological polar surface area (TPSA) is 101 Å². The van der Waals surface area contributed by atoms with Gasteiger partial charge in [0.15, 0.2) is 0 Å². The summed E-state index contributed by atoms with van der Waals surface area (Å²) in [4.78, 5) is 17.3. The summed E-state index contributed by atoms with van der Waals surface area (Å²) in [6.07, 6.45) is 1.58. The second-order valence-electron chi connectivity index (χ2n) is 3.62. The summed E-state index contributed by atoms with van der Waals surface area (Å²) >= 11 is 1.24. The fraction of sp³-hybridized carbons (Fsp3) is 0.300. The zero-order chi connectivity index (χ0) is 13.0. The molecule has 0 atom stereocenters. The molecule has 0 aliphatic heterocycles. The first-order valence-corrected chi connectivity index (χ1v) is 6.20. The number of nitrogens with two attached hydrogens (primary N) is 1. The van der Waals surface area contributed by atoms with Crippen LogP contribution < -0.4 is 5.73 Å². The van der Waals surface area contributed by atoms with Crippen molar-refractivity contribution in [1.29, 1.82) is 0 Å². The van der Waals surface area contributed by atoms with E-state index in [0.29, 0.717) is 11.7 Å². The number of furan rings is 1. The number of carbonyl (C=O) groups excluding carboxylic acids is 1. The van der Waals surface area contributed by atoms with E-state index in [1.54, 1.807) is 24.3 Å². The van der Waals surface area contributed by atoms with Crippen molar-refractivity contribution in [1.82, 2.24) is 20.1 Å².